The van der Waals surface area contributed by atoms with Crippen LogP contribution in [-0.4, -0.2) is 36.1 Å². The maximum Gasteiger partial charge on any atom is 0.117 e. The number of aliphatic hydroxyl groups is 1. The molecule has 0 spiro atoms. The molecule has 2 rings (SSSR count). The number of rotatable bonds is 1. The standard InChI is InChI=1S/C6H10O3/c1-6(3-7)5-4(9-5)2-8-6/h4-5,7H,2-3H2,1H3. The third-order valence-electron chi connectivity index (χ3n) is 2.08. The minimum Gasteiger partial charge on any atom is -0.393 e. The molecule has 0 aliphatic carbocycles. The summed E-state index contributed by atoms with van der Waals surface area (Å²) in [4.78, 5) is 0. The van der Waals surface area contributed by atoms with Crippen LogP contribution in [0.15, 0.2) is 0 Å². The van der Waals surface area contributed by atoms with Gasteiger partial charge in [-0.2, -0.15) is 0 Å². The van der Waals surface area contributed by atoms with Crippen molar-refractivity contribution in [3.63, 3.8) is 0 Å². The monoisotopic (exact) mass is 130 g/mol. The molecule has 2 fully saturated rings. The van der Waals surface area contributed by atoms with Crippen molar-refractivity contribution in [2.24, 2.45) is 0 Å². The minimum atomic E-state index is -0.398. The highest BCUT2D eigenvalue weighted by Crippen LogP contribution is 2.41. The zero-order valence-electron chi connectivity index (χ0n) is 5.33. The molecule has 2 saturated heterocycles. The molecule has 0 radical (unpaired) electrons. The average molecular weight is 130 g/mol. The highest BCUT2D eigenvalue weighted by atomic mass is 16.7. The van der Waals surface area contributed by atoms with Crippen molar-refractivity contribution in [1.82, 2.24) is 0 Å². The van der Waals surface area contributed by atoms with Crippen LogP contribution >= 0.6 is 0 Å². The van der Waals surface area contributed by atoms with E-state index >= 15 is 0 Å². The molecule has 2 heterocycles. The van der Waals surface area contributed by atoms with Crippen LogP contribution in [-0.2, 0) is 9.47 Å². The van der Waals surface area contributed by atoms with Crippen LogP contribution in [0.25, 0.3) is 0 Å². The summed E-state index contributed by atoms with van der Waals surface area (Å²) in [5, 5.41) is 8.82. The van der Waals surface area contributed by atoms with Crippen molar-refractivity contribution in [2.75, 3.05) is 13.2 Å². The number of ether oxygens (including phenoxy) is 2. The van der Waals surface area contributed by atoms with Crippen LogP contribution in [0.3, 0.4) is 0 Å². The first-order valence-corrected chi connectivity index (χ1v) is 3.16. The highest BCUT2D eigenvalue weighted by Gasteiger charge is 2.58. The van der Waals surface area contributed by atoms with Gasteiger partial charge in [0.15, 0.2) is 0 Å². The summed E-state index contributed by atoms with van der Waals surface area (Å²) in [6.07, 6.45) is 0.449. The second kappa shape index (κ2) is 1.48. The van der Waals surface area contributed by atoms with Crippen molar-refractivity contribution in [3.05, 3.63) is 0 Å². The predicted molar refractivity (Wildman–Crippen MR) is 30.1 cm³/mol. The van der Waals surface area contributed by atoms with Crippen LogP contribution in [0.5, 0.6) is 0 Å². The first-order chi connectivity index (χ1) is 4.26. The summed E-state index contributed by atoms with van der Waals surface area (Å²) >= 11 is 0. The number of fused-ring (bicyclic) bond motifs is 1. The SMILES string of the molecule is CC1(CO)OCC2OC21. The Balaban J connectivity index is 2.11. The van der Waals surface area contributed by atoms with Gasteiger partial charge in [-0.3, -0.25) is 0 Å². The van der Waals surface area contributed by atoms with E-state index in [2.05, 4.69) is 0 Å². The van der Waals surface area contributed by atoms with Gasteiger partial charge in [0, 0.05) is 0 Å². The molecule has 2 aliphatic heterocycles. The zero-order chi connectivity index (χ0) is 6.48. The van der Waals surface area contributed by atoms with E-state index in [9.17, 15) is 0 Å². The molecule has 0 amide bonds. The second-order valence-corrected chi connectivity index (χ2v) is 2.88. The smallest absolute Gasteiger partial charge is 0.117 e. The normalized spacial score (nSPS) is 55.3. The summed E-state index contributed by atoms with van der Waals surface area (Å²) in [5.41, 5.74) is -0.398. The fourth-order valence-corrected chi connectivity index (χ4v) is 1.30. The van der Waals surface area contributed by atoms with Gasteiger partial charge in [-0.25, -0.2) is 0 Å². The van der Waals surface area contributed by atoms with Gasteiger partial charge in [-0.15, -0.1) is 0 Å². The van der Waals surface area contributed by atoms with Gasteiger partial charge in [0.2, 0.25) is 0 Å². The zero-order valence-corrected chi connectivity index (χ0v) is 5.33. The van der Waals surface area contributed by atoms with Gasteiger partial charge in [-0.05, 0) is 6.92 Å². The Bertz CT molecular complexity index is 136. The molecule has 0 bridgehead atoms. The Hall–Kier alpha value is -0.120. The van der Waals surface area contributed by atoms with Crippen molar-refractivity contribution in [2.45, 2.75) is 24.7 Å². The summed E-state index contributed by atoms with van der Waals surface area (Å²) in [6, 6.07) is 0. The Labute approximate surface area is 53.6 Å². The topological polar surface area (TPSA) is 42.0 Å². The fourth-order valence-electron chi connectivity index (χ4n) is 1.30. The van der Waals surface area contributed by atoms with Crippen molar-refractivity contribution >= 4 is 0 Å². The molecule has 9 heavy (non-hydrogen) atoms. The number of hydrogen-bond acceptors (Lipinski definition) is 3. The lowest BCUT2D eigenvalue weighted by Gasteiger charge is -2.20. The quantitative estimate of drug-likeness (QED) is 0.488. The molecular formula is C6H10O3. The molecule has 1 N–H and O–H groups in total. The van der Waals surface area contributed by atoms with E-state index in [0.717, 1.165) is 0 Å². The Morgan fingerprint density at radius 2 is 2.56 bits per heavy atom. The van der Waals surface area contributed by atoms with Gasteiger partial charge < -0.3 is 14.6 Å². The molecule has 3 atom stereocenters. The van der Waals surface area contributed by atoms with Crippen LogP contribution in [0.4, 0.5) is 0 Å². The van der Waals surface area contributed by atoms with E-state index in [0.29, 0.717) is 6.61 Å². The maximum atomic E-state index is 8.82. The third kappa shape index (κ3) is 0.625. The van der Waals surface area contributed by atoms with Gasteiger partial charge in [0.05, 0.1) is 13.2 Å². The fraction of sp³-hybridized carbons (Fsp3) is 1.00. The molecule has 3 unspecified atom stereocenters. The van der Waals surface area contributed by atoms with E-state index in [1.165, 1.54) is 0 Å². The van der Waals surface area contributed by atoms with E-state index in [-0.39, 0.29) is 18.8 Å². The molecule has 0 aromatic carbocycles. The number of hydrogen-bond donors (Lipinski definition) is 1. The first-order valence-electron chi connectivity index (χ1n) is 3.16. The first kappa shape index (κ1) is 5.65. The Morgan fingerprint density at radius 1 is 1.78 bits per heavy atom. The molecule has 0 saturated carbocycles. The maximum absolute atomic E-state index is 8.82. The summed E-state index contributed by atoms with van der Waals surface area (Å²) in [7, 11) is 0. The third-order valence-corrected chi connectivity index (χ3v) is 2.08. The lowest BCUT2D eigenvalue weighted by Crippen LogP contribution is -2.35. The Kier molecular flexibility index (Phi) is 0.928. The average Bonchev–Trinajstić information content (AvgIpc) is 2.58. The summed E-state index contributed by atoms with van der Waals surface area (Å²) in [5.74, 6) is 0. The summed E-state index contributed by atoms with van der Waals surface area (Å²) in [6.45, 7) is 2.60. The minimum absolute atomic E-state index is 0.0637. The van der Waals surface area contributed by atoms with Crippen LogP contribution < -0.4 is 0 Å². The van der Waals surface area contributed by atoms with E-state index in [1.54, 1.807) is 0 Å². The largest absolute Gasteiger partial charge is 0.393 e. The molecule has 3 heteroatoms. The molecule has 2 aliphatic rings. The van der Waals surface area contributed by atoms with Gasteiger partial charge in [0.25, 0.3) is 0 Å². The molecule has 0 aromatic heterocycles. The van der Waals surface area contributed by atoms with Crippen LogP contribution in [0, 0.1) is 0 Å². The van der Waals surface area contributed by atoms with Gasteiger partial charge in [-0.1, -0.05) is 0 Å². The van der Waals surface area contributed by atoms with Gasteiger partial charge in [0.1, 0.15) is 17.8 Å². The van der Waals surface area contributed by atoms with Crippen LogP contribution in [0.2, 0.25) is 0 Å². The van der Waals surface area contributed by atoms with Crippen molar-refractivity contribution in [1.29, 1.82) is 0 Å². The van der Waals surface area contributed by atoms with Crippen LogP contribution in [0.1, 0.15) is 6.92 Å². The van der Waals surface area contributed by atoms with Crippen molar-refractivity contribution in [3.8, 4) is 0 Å². The van der Waals surface area contributed by atoms with Crippen molar-refractivity contribution < 1.29 is 14.6 Å². The van der Waals surface area contributed by atoms with E-state index in [4.69, 9.17) is 14.6 Å². The highest BCUT2D eigenvalue weighted by molar-refractivity contribution is 5.05. The Morgan fingerprint density at radius 3 is 2.78 bits per heavy atom. The predicted octanol–water partition coefficient (Wildman–Crippen LogP) is -0.465. The molecule has 3 nitrogen and oxygen atoms in total. The number of epoxide rings is 1. The molecular weight excluding hydrogens is 120 g/mol. The molecule has 0 aromatic rings. The lowest BCUT2D eigenvalue weighted by atomic mass is 10.0. The number of aliphatic hydroxyl groups excluding tert-OH is 1. The van der Waals surface area contributed by atoms with Gasteiger partial charge >= 0.3 is 0 Å². The van der Waals surface area contributed by atoms with E-state index in [1.807, 2.05) is 6.92 Å². The summed E-state index contributed by atoms with van der Waals surface area (Å²) < 4.78 is 10.5. The lowest BCUT2D eigenvalue weighted by molar-refractivity contribution is -0.0771. The molecule has 52 valence electrons. The second-order valence-electron chi connectivity index (χ2n) is 2.88. The van der Waals surface area contributed by atoms with E-state index < -0.39 is 5.60 Å².